The summed E-state index contributed by atoms with van der Waals surface area (Å²) in [6.45, 7) is 0. The second-order valence-electron chi connectivity index (χ2n) is 3.99. The molecule has 19 heavy (non-hydrogen) atoms. The van der Waals surface area contributed by atoms with Gasteiger partial charge < -0.3 is 5.73 Å². The first-order chi connectivity index (χ1) is 9.28. The highest BCUT2D eigenvalue weighted by molar-refractivity contribution is 5.85. The van der Waals surface area contributed by atoms with E-state index in [9.17, 15) is 5.26 Å². The molecule has 0 aliphatic heterocycles. The summed E-state index contributed by atoms with van der Waals surface area (Å²) in [4.78, 5) is 12.3. The minimum atomic E-state index is 0.176. The van der Waals surface area contributed by atoms with Crippen LogP contribution in [0.15, 0.2) is 42.6 Å². The Labute approximate surface area is 109 Å². The van der Waals surface area contributed by atoms with Gasteiger partial charge in [0.1, 0.15) is 6.07 Å². The minimum absolute atomic E-state index is 0.176. The van der Waals surface area contributed by atoms with E-state index in [0.717, 1.165) is 10.9 Å². The van der Waals surface area contributed by atoms with Gasteiger partial charge in [0.25, 0.3) is 0 Å². The van der Waals surface area contributed by atoms with E-state index in [1.807, 2.05) is 30.3 Å². The number of para-hydroxylation sites is 1. The summed E-state index contributed by atoms with van der Waals surface area (Å²) in [6, 6.07) is 13.3. The van der Waals surface area contributed by atoms with Crippen LogP contribution in [-0.2, 0) is 0 Å². The van der Waals surface area contributed by atoms with E-state index in [1.54, 1.807) is 12.3 Å². The summed E-state index contributed by atoms with van der Waals surface area (Å²) in [6.07, 6.45) is 1.56. The molecule has 2 N–H and O–H groups in total. The molecule has 3 aromatic rings. The summed E-state index contributed by atoms with van der Waals surface area (Å²) >= 11 is 0. The van der Waals surface area contributed by atoms with E-state index in [1.165, 1.54) is 0 Å². The monoisotopic (exact) mass is 247 g/mol. The average molecular weight is 247 g/mol. The fraction of sp³-hybridized carbons (Fsp3) is 0. The molecule has 0 aliphatic rings. The molecule has 0 saturated heterocycles. The Hall–Kier alpha value is -3.00. The highest BCUT2D eigenvalue weighted by Gasteiger charge is 2.10. The summed E-state index contributed by atoms with van der Waals surface area (Å²) in [7, 11) is 0. The van der Waals surface area contributed by atoms with Crippen LogP contribution in [0, 0.1) is 11.3 Å². The van der Waals surface area contributed by atoms with Crippen LogP contribution in [0.5, 0.6) is 0 Å². The summed E-state index contributed by atoms with van der Waals surface area (Å²) in [5, 5.41) is 10.2. The lowest BCUT2D eigenvalue weighted by Crippen LogP contribution is -1.97. The number of nitriles is 1. The van der Waals surface area contributed by atoms with Gasteiger partial charge in [0.15, 0.2) is 5.69 Å². The maximum atomic E-state index is 9.22. The van der Waals surface area contributed by atoms with Crippen LogP contribution in [0.2, 0.25) is 0 Å². The lowest BCUT2D eigenvalue weighted by atomic mass is 10.1. The number of anilines is 1. The first-order valence-electron chi connectivity index (χ1n) is 5.67. The van der Waals surface area contributed by atoms with Gasteiger partial charge >= 0.3 is 0 Å². The molecule has 3 rings (SSSR count). The highest BCUT2D eigenvalue weighted by Crippen LogP contribution is 2.24. The number of rotatable bonds is 1. The molecule has 2 aromatic heterocycles. The predicted molar refractivity (Wildman–Crippen MR) is 71.9 cm³/mol. The number of benzene rings is 1. The van der Waals surface area contributed by atoms with Crippen molar-refractivity contribution < 1.29 is 0 Å². The number of pyridine rings is 1. The second kappa shape index (κ2) is 4.35. The molecule has 1 aromatic carbocycles. The SMILES string of the molecule is N#Cc1nc2ccccc2cc1-c1ccnc(N)n1. The molecule has 90 valence electrons. The summed E-state index contributed by atoms with van der Waals surface area (Å²) in [5.74, 6) is 0.176. The lowest BCUT2D eigenvalue weighted by Gasteiger charge is -2.05. The van der Waals surface area contributed by atoms with Gasteiger partial charge in [-0.2, -0.15) is 5.26 Å². The van der Waals surface area contributed by atoms with E-state index >= 15 is 0 Å². The Balaban J connectivity index is 2.31. The van der Waals surface area contributed by atoms with Crippen molar-refractivity contribution in [3.8, 4) is 17.3 Å². The third kappa shape index (κ3) is 1.96. The fourth-order valence-corrected chi connectivity index (χ4v) is 1.92. The van der Waals surface area contributed by atoms with Crippen LogP contribution >= 0.6 is 0 Å². The number of aromatic nitrogens is 3. The van der Waals surface area contributed by atoms with Crippen molar-refractivity contribution in [1.82, 2.24) is 15.0 Å². The maximum Gasteiger partial charge on any atom is 0.220 e. The number of nitrogens with zero attached hydrogens (tertiary/aromatic N) is 4. The van der Waals surface area contributed by atoms with Gasteiger partial charge in [0.2, 0.25) is 5.95 Å². The molecular formula is C14H9N5. The average Bonchev–Trinajstić information content (AvgIpc) is 2.46. The van der Waals surface area contributed by atoms with Crippen molar-refractivity contribution >= 4 is 16.9 Å². The molecule has 0 spiro atoms. The van der Waals surface area contributed by atoms with Crippen LogP contribution in [-0.4, -0.2) is 15.0 Å². The fourth-order valence-electron chi connectivity index (χ4n) is 1.92. The van der Waals surface area contributed by atoms with Gasteiger partial charge in [-0.05, 0) is 18.2 Å². The molecule has 0 saturated carbocycles. The van der Waals surface area contributed by atoms with Gasteiger partial charge in [0, 0.05) is 17.1 Å². The van der Waals surface area contributed by atoms with Crippen LogP contribution in [0.1, 0.15) is 5.69 Å². The quantitative estimate of drug-likeness (QED) is 0.711. The van der Waals surface area contributed by atoms with Crippen LogP contribution < -0.4 is 5.73 Å². The standard InChI is InChI=1S/C14H9N5/c15-8-13-10(12-5-6-17-14(16)19-12)7-9-3-1-2-4-11(9)18-13/h1-7H,(H2,16,17,19). The molecule has 0 unspecified atom stereocenters. The van der Waals surface area contributed by atoms with Crippen molar-refractivity contribution in [2.24, 2.45) is 0 Å². The first-order valence-corrected chi connectivity index (χ1v) is 5.67. The van der Waals surface area contributed by atoms with Crippen LogP contribution in [0.25, 0.3) is 22.2 Å². The van der Waals surface area contributed by atoms with E-state index in [2.05, 4.69) is 21.0 Å². The van der Waals surface area contributed by atoms with Crippen molar-refractivity contribution in [1.29, 1.82) is 5.26 Å². The molecule has 2 heterocycles. The van der Waals surface area contributed by atoms with Gasteiger partial charge in [-0.25, -0.2) is 15.0 Å². The molecule has 0 aliphatic carbocycles. The number of nitrogen functional groups attached to an aromatic ring is 1. The molecule has 0 atom stereocenters. The van der Waals surface area contributed by atoms with Gasteiger partial charge in [-0.3, -0.25) is 0 Å². The third-order valence-electron chi connectivity index (χ3n) is 2.78. The van der Waals surface area contributed by atoms with Crippen molar-refractivity contribution in [3.05, 3.63) is 48.3 Å². The Morgan fingerprint density at radius 3 is 2.74 bits per heavy atom. The smallest absolute Gasteiger partial charge is 0.220 e. The van der Waals surface area contributed by atoms with Gasteiger partial charge in [0.05, 0.1) is 11.2 Å². The summed E-state index contributed by atoms with van der Waals surface area (Å²) in [5.41, 5.74) is 7.95. The van der Waals surface area contributed by atoms with E-state index in [0.29, 0.717) is 17.0 Å². The van der Waals surface area contributed by atoms with E-state index in [4.69, 9.17) is 5.73 Å². The topological polar surface area (TPSA) is 88.5 Å². The Morgan fingerprint density at radius 1 is 1.11 bits per heavy atom. The van der Waals surface area contributed by atoms with Gasteiger partial charge in [-0.1, -0.05) is 18.2 Å². The van der Waals surface area contributed by atoms with Crippen molar-refractivity contribution in [2.75, 3.05) is 5.73 Å². The lowest BCUT2D eigenvalue weighted by molar-refractivity contribution is 1.18. The van der Waals surface area contributed by atoms with E-state index in [-0.39, 0.29) is 5.95 Å². The maximum absolute atomic E-state index is 9.22. The molecule has 0 radical (unpaired) electrons. The number of hydrogen-bond donors (Lipinski definition) is 1. The zero-order chi connectivity index (χ0) is 13.2. The molecule has 0 fully saturated rings. The van der Waals surface area contributed by atoms with Crippen molar-refractivity contribution in [2.45, 2.75) is 0 Å². The second-order valence-corrected chi connectivity index (χ2v) is 3.99. The molecule has 0 bridgehead atoms. The number of hydrogen-bond acceptors (Lipinski definition) is 5. The molecular weight excluding hydrogens is 238 g/mol. The Morgan fingerprint density at radius 2 is 1.95 bits per heavy atom. The Bertz CT molecular complexity index is 804. The largest absolute Gasteiger partial charge is 0.368 e. The van der Waals surface area contributed by atoms with Gasteiger partial charge in [-0.15, -0.1) is 0 Å². The summed E-state index contributed by atoms with van der Waals surface area (Å²) < 4.78 is 0. The first kappa shape index (κ1) is 11.1. The number of fused-ring (bicyclic) bond motifs is 1. The Kier molecular flexibility index (Phi) is 2.54. The number of nitrogens with two attached hydrogens (primary N) is 1. The zero-order valence-electron chi connectivity index (χ0n) is 9.91. The molecule has 0 amide bonds. The predicted octanol–water partition coefficient (Wildman–Crippen LogP) is 2.15. The van der Waals surface area contributed by atoms with Crippen molar-refractivity contribution in [3.63, 3.8) is 0 Å². The van der Waals surface area contributed by atoms with E-state index < -0.39 is 0 Å². The molecule has 5 heteroatoms. The zero-order valence-corrected chi connectivity index (χ0v) is 9.91. The normalized spacial score (nSPS) is 10.3. The minimum Gasteiger partial charge on any atom is -0.368 e. The van der Waals surface area contributed by atoms with Crippen LogP contribution in [0.3, 0.4) is 0 Å². The molecule has 5 nitrogen and oxygen atoms in total. The van der Waals surface area contributed by atoms with Crippen LogP contribution in [0.4, 0.5) is 5.95 Å². The highest BCUT2D eigenvalue weighted by atomic mass is 15.0. The third-order valence-corrected chi connectivity index (χ3v) is 2.78.